The smallest absolute Gasteiger partial charge is 0.488 e. The number of amides is 1. The fraction of sp³-hybridized carbons (Fsp3) is 0.529. The predicted octanol–water partition coefficient (Wildman–Crippen LogP) is 0.847. The van der Waals surface area contributed by atoms with Crippen molar-refractivity contribution < 1.29 is 41.5 Å². The molecule has 1 aromatic carbocycles. The Labute approximate surface area is 167 Å². The fourth-order valence-corrected chi connectivity index (χ4v) is 3.41. The second-order valence-corrected chi connectivity index (χ2v) is 7.46. The van der Waals surface area contributed by atoms with Crippen molar-refractivity contribution >= 4 is 17.6 Å². The van der Waals surface area contributed by atoms with Gasteiger partial charge in [-0.1, -0.05) is 0 Å². The average molecular weight is 434 g/mol. The number of carbonyl (C=O) groups is 2. The number of anilines is 1. The lowest BCUT2D eigenvalue weighted by Crippen LogP contribution is -2.70. The lowest BCUT2D eigenvalue weighted by Gasteiger charge is -2.48. The Morgan fingerprint density at radius 2 is 2.03 bits per heavy atom. The highest BCUT2D eigenvalue weighted by Crippen LogP contribution is 2.42. The summed E-state index contributed by atoms with van der Waals surface area (Å²) in [6, 6.07) is 1.53. The first-order valence-corrected chi connectivity index (χ1v) is 9.02. The SMILES string of the molecule is CC1C(=O)NN(OC(=O)C(F)(F)F)C2COc3cc(F)c(OC4(C)CNC4)cc3N12. The van der Waals surface area contributed by atoms with Crippen LogP contribution < -0.4 is 25.1 Å². The van der Waals surface area contributed by atoms with Crippen molar-refractivity contribution in [2.75, 3.05) is 24.6 Å². The molecule has 2 saturated heterocycles. The largest absolute Gasteiger partial charge is 0.492 e. The molecule has 1 amide bonds. The number of hydroxylamine groups is 1. The lowest BCUT2D eigenvalue weighted by atomic mass is 10.00. The van der Waals surface area contributed by atoms with Gasteiger partial charge in [0.1, 0.15) is 24.0 Å². The van der Waals surface area contributed by atoms with Gasteiger partial charge in [0.25, 0.3) is 5.91 Å². The van der Waals surface area contributed by atoms with Crippen LogP contribution in [-0.4, -0.2) is 60.7 Å². The zero-order chi connectivity index (χ0) is 21.8. The van der Waals surface area contributed by atoms with Crippen LogP contribution in [0.3, 0.4) is 0 Å². The van der Waals surface area contributed by atoms with Gasteiger partial charge in [-0.3, -0.25) is 10.2 Å². The average Bonchev–Trinajstić information content (AvgIpc) is 2.63. The molecule has 1 aromatic rings. The van der Waals surface area contributed by atoms with Gasteiger partial charge in [0.15, 0.2) is 17.7 Å². The molecule has 2 N–H and O–H groups in total. The number of hydrazine groups is 1. The van der Waals surface area contributed by atoms with E-state index in [2.05, 4.69) is 15.6 Å². The van der Waals surface area contributed by atoms with E-state index in [0.29, 0.717) is 18.3 Å². The minimum atomic E-state index is -5.26. The van der Waals surface area contributed by atoms with Gasteiger partial charge in [0.05, 0.1) is 5.69 Å². The molecule has 164 valence electrons. The van der Waals surface area contributed by atoms with Crippen LogP contribution in [-0.2, 0) is 14.4 Å². The maximum atomic E-state index is 14.5. The molecule has 0 radical (unpaired) electrons. The molecule has 0 saturated carbocycles. The van der Waals surface area contributed by atoms with Crippen LogP contribution in [0.4, 0.5) is 23.2 Å². The number of nitrogens with zero attached hydrogens (tertiary/aromatic N) is 2. The highest BCUT2D eigenvalue weighted by molar-refractivity contribution is 5.87. The van der Waals surface area contributed by atoms with Crippen molar-refractivity contribution in [1.82, 2.24) is 15.9 Å². The van der Waals surface area contributed by atoms with E-state index in [1.165, 1.54) is 17.9 Å². The van der Waals surface area contributed by atoms with Crippen LogP contribution in [0.5, 0.6) is 11.5 Å². The van der Waals surface area contributed by atoms with E-state index < -0.39 is 41.7 Å². The van der Waals surface area contributed by atoms with Gasteiger partial charge >= 0.3 is 12.1 Å². The van der Waals surface area contributed by atoms with Gasteiger partial charge in [-0.05, 0) is 19.0 Å². The van der Waals surface area contributed by atoms with Gasteiger partial charge < -0.3 is 24.5 Å². The van der Waals surface area contributed by atoms with Crippen molar-refractivity contribution in [2.45, 2.75) is 37.8 Å². The van der Waals surface area contributed by atoms with Crippen LogP contribution >= 0.6 is 0 Å². The van der Waals surface area contributed by atoms with E-state index in [-0.39, 0.29) is 23.8 Å². The molecule has 2 unspecified atom stereocenters. The number of fused-ring (bicyclic) bond motifs is 3. The third-order valence-electron chi connectivity index (χ3n) is 5.06. The van der Waals surface area contributed by atoms with Gasteiger partial charge in [0, 0.05) is 25.2 Å². The number of halogens is 4. The molecular weight excluding hydrogens is 416 g/mol. The molecule has 3 aliphatic rings. The molecule has 0 bridgehead atoms. The zero-order valence-electron chi connectivity index (χ0n) is 15.9. The first-order chi connectivity index (χ1) is 14.0. The standard InChI is InChI=1S/C17H18F4N4O5/c1-8-14(26)23-25(30-15(27)17(19,20)21)13-5-28-12-3-9(18)11(4-10(12)24(8)13)29-16(2)6-22-7-16/h3-4,8,13,22H,5-7H2,1-2H3,(H,23,26). The summed E-state index contributed by atoms with van der Waals surface area (Å²) in [6.07, 6.45) is -6.38. The van der Waals surface area contributed by atoms with Crippen molar-refractivity contribution in [2.24, 2.45) is 0 Å². The first kappa shape index (κ1) is 20.5. The number of nitrogens with one attached hydrogen (secondary N) is 2. The van der Waals surface area contributed by atoms with Gasteiger partial charge in [0.2, 0.25) is 0 Å². The molecule has 30 heavy (non-hydrogen) atoms. The summed E-state index contributed by atoms with van der Waals surface area (Å²) < 4.78 is 63.6. The number of ether oxygens (including phenoxy) is 2. The van der Waals surface area contributed by atoms with E-state index >= 15 is 0 Å². The monoisotopic (exact) mass is 434 g/mol. The Bertz CT molecular complexity index is 892. The van der Waals surface area contributed by atoms with E-state index in [0.717, 1.165) is 6.07 Å². The number of benzene rings is 1. The Kier molecular flexibility index (Phi) is 4.69. The molecule has 0 spiro atoms. The molecule has 0 aliphatic carbocycles. The number of rotatable bonds is 3. The summed E-state index contributed by atoms with van der Waals surface area (Å²) in [6.45, 7) is 4.00. The third-order valence-corrected chi connectivity index (χ3v) is 5.06. The minimum Gasteiger partial charge on any atom is -0.488 e. The third kappa shape index (κ3) is 3.47. The molecule has 3 aliphatic heterocycles. The van der Waals surface area contributed by atoms with E-state index in [9.17, 15) is 27.2 Å². The highest BCUT2D eigenvalue weighted by Gasteiger charge is 2.49. The summed E-state index contributed by atoms with van der Waals surface area (Å²) in [7, 11) is 0. The molecular formula is C17H18F4N4O5. The normalized spacial score (nSPS) is 25.3. The molecule has 2 fully saturated rings. The molecule has 9 nitrogen and oxygen atoms in total. The van der Waals surface area contributed by atoms with Gasteiger partial charge in [-0.25, -0.2) is 9.18 Å². The Morgan fingerprint density at radius 1 is 1.33 bits per heavy atom. The number of carbonyl (C=O) groups excluding carboxylic acids is 2. The topological polar surface area (TPSA) is 92.4 Å². The van der Waals surface area contributed by atoms with Crippen molar-refractivity contribution in [3.63, 3.8) is 0 Å². The van der Waals surface area contributed by atoms with Crippen molar-refractivity contribution in [3.8, 4) is 11.5 Å². The fourth-order valence-electron chi connectivity index (χ4n) is 3.41. The predicted molar refractivity (Wildman–Crippen MR) is 91.7 cm³/mol. The second-order valence-electron chi connectivity index (χ2n) is 7.46. The van der Waals surface area contributed by atoms with E-state index in [4.69, 9.17) is 9.47 Å². The highest BCUT2D eigenvalue weighted by atomic mass is 19.4. The molecule has 0 aromatic heterocycles. The Hall–Kier alpha value is -2.80. The number of alkyl halides is 3. The van der Waals surface area contributed by atoms with Crippen LogP contribution in [0, 0.1) is 5.82 Å². The Morgan fingerprint density at radius 3 is 2.63 bits per heavy atom. The summed E-state index contributed by atoms with van der Waals surface area (Å²) in [5.74, 6) is -3.93. The van der Waals surface area contributed by atoms with Crippen LogP contribution in [0.15, 0.2) is 12.1 Å². The molecule has 4 rings (SSSR count). The quantitative estimate of drug-likeness (QED) is 0.677. The van der Waals surface area contributed by atoms with Gasteiger partial charge in [-0.15, -0.1) is 0 Å². The Balaban J connectivity index is 1.67. The summed E-state index contributed by atoms with van der Waals surface area (Å²) >= 11 is 0. The second kappa shape index (κ2) is 6.87. The molecule has 2 atom stereocenters. The van der Waals surface area contributed by atoms with Crippen LogP contribution in [0.1, 0.15) is 13.8 Å². The summed E-state index contributed by atoms with van der Waals surface area (Å²) in [5.41, 5.74) is 1.69. The van der Waals surface area contributed by atoms with Crippen LogP contribution in [0.2, 0.25) is 0 Å². The summed E-state index contributed by atoms with van der Waals surface area (Å²) in [5, 5.41) is 3.41. The lowest BCUT2D eigenvalue weighted by molar-refractivity contribution is -0.265. The van der Waals surface area contributed by atoms with Crippen molar-refractivity contribution in [3.05, 3.63) is 17.9 Å². The zero-order valence-corrected chi connectivity index (χ0v) is 15.9. The first-order valence-electron chi connectivity index (χ1n) is 9.02. The van der Waals surface area contributed by atoms with Crippen molar-refractivity contribution in [1.29, 1.82) is 0 Å². The van der Waals surface area contributed by atoms with Gasteiger partial charge in [-0.2, -0.15) is 13.2 Å². The molecule has 13 heteroatoms. The minimum absolute atomic E-state index is 0.0802. The van der Waals surface area contributed by atoms with E-state index in [1.54, 1.807) is 6.92 Å². The van der Waals surface area contributed by atoms with E-state index in [1.807, 2.05) is 0 Å². The maximum Gasteiger partial charge on any atom is 0.492 e. The summed E-state index contributed by atoms with van der Waals surface area (Å²) in [4.78, 5) is 29.3. The number of hydrogen-bond acceptors (Lipinski definition) is 8. The maximum absolute atomic E-state index is 14.5. The molecule has 3 heterocycles. The van der Waals surface area contributed by atoms with Crippen LogP contribution in [0.25, 0.3) is 0 Å². The number of hydrogen-bond donors (Lipinski definition) is 2.